The zero-order chi connectivity index (χ0) is 38.8. The molecule has 2 aromatic carbocycles. The lowest BCUT2D eigenvalue weighted by Gasteiger charge is -2.44. The lowest BCUT2D eigenvalue weighted by Crippen LogP contribution is -2.48. The van der Waals surface area contributed by atoms with E-state index in [9.17, 15) is 54.2 Å². The van der Waals surface area contributed by atoms with E-state index in [-0.39, 0.29) is 54.9 Å². The number of halogens is 9. The molecule has 9 nitrogen and oxygen atoms in total. The molecule has 1 aromatic heterocycles. The maximum Gasteiger partial charge on any atom is 0.416 e. The lowest BCUT2D eigenvalue weighted by atomic mass is 9.87. The highest BCUT2D eigenvalue weighted by molar-refractivity contribution is 5.91. The van der Waals surface area contributed by atoms with Crippen LogP contribution >= 0.6 is 0 Å². The number of carbonyl (C=O) groups excluding carboxylic acids is 1. The highest BCUT2D eigenvalue weighted by atomic mass is 19.4. The second-order valence-electron chi connectivity index (χ2n) is 12.7. The molecule has 0 radical (unpaired) electrons. The number of fused-ring (bicyclic) bond motifs is 1. The van der Waals surface area contributed by atoms with Crippen molar-refractivity contribution in [2.75, 3.05) is 29.6 Å². The number of pyridine rings is 1. The van der Waals surface area contributed by atoms with Gasteiger partial charge in [0.25, 0.3) is 0 Å². The molecule has 0 bridgehead atoms. The number of ether oxygens (including phenoxy) is 2. The van der Waals surface area contributed by atoms with Gasteiger partial charge in [-0.15, -0.1) is 0 Å². The monoisotopic (exact) mass is 751 g/mol. The van der Waals surface area contributed by atoms with E-state index in [1.54, 1.807) is 6.92 Å². The predicted octanol–water partition coefficient (Wildman–Crippen LogP) is 8.49. The molecule has 4 rings (SSSR count). The molecule has 0 aliphatic carbocycles. The number of aliphatic hydroxyl groups is 1. The van der Waals surface area contributed by atoms with Gasteiger partial charge in [0.15, 0.2) is 0 Å². The van der Waals surface area contributed by atoms with E-state index in [4.69, 9.17) is 14.6 Å². The van der Waals surface area contributed by atoms with E-state index in [1.807, 2.05) is 0 Å². The molecule has 1 aliphatic rings. The van der Waals surface area contributed by atoms with Gasteiger partial charge in [-0.25, -0.2) is 9.78 Å². The number of rotatable bonds is 11. The summed E-state index contributed by atoms with van der Waals surface area (Å²) in [6, 6.07) is 3.93. The zero-order valence-corrected chi connectivity index (χ0v) is 27.9. The van der Waals surface area contributed by atoms with E-state index in [1.165, 1.54) is 30.9 Å². The van der Waals surface area contributed by atoms with Gasteiger partial charge >= 0.3 is 30.6 Å². The molecule has 2 N–H and O–H groups in total. The average molecular weight is 752 g/mol. The van der Waals surface area contributed by atoms with Crippen molar-refractivity contribution in [2.24, 2.45) is 5.41 Å². The number of aliphatic carboxylic acids is 1. The van der Waals surface area contributed by atoms with Crippen molar-refractivity contribution in [3.63, 3.8) is 0 Å². The number of carboxylic acids is 1. The molecule has 52 heavy (non-hydrogen) atoms. The number of aromatic nitrogens is 1. The highest BCUT2D eigenvalue weighted by Gasteiger charge is 2.43. The minimum Gasteiger partial charge on any atom is -0.490 e. The Labute approximate surface area is 291 Å². The van der Waals surface area contributed by atoms with Gasteiger partial charge in [-0.1, -0.05) is 6.92 Å². The van der Waals surface area contributed by atoms with Crippen LogP contribution in [0.2, 0.25) is 0 Å². The summed E-state index contributed by atoms with van der Waals surface area (Å²) >= 11 is 0. The fourth-order valence-corrected chi connectivity index (χ4v) is 5.62. The second-order valence-corrected chi connectivity index (χ2v) is 12.7. The standard InChI is InChI=1S/C34H34F9N3O6/c1-4-23-15-27(25-14-20(32(35,36)37)5-7-26(25)46(23)30(50)52-18-31(2,3)29(48)49)45(28-8-6-24(16-44-28)51-10-9-47)17-19-11-21(33(38,39)40)13-22(12-19)34(41,42)43/h5-8,11-14,16,23,27,47H,4,9-10,15,17-18H2,1-3H3,(H,48,49)/t23-,27+/m1/s1. The Kier molecular flexibility index (Phi) is 11.6. The summed E-state index contributed by atoms with van der Waals surface area (Å²) in [4.78, 5) is 31.7. The summed E-state index contributed by atoms with van der Waals surface area (Å²) in [6.07, 6.45) is -15.3. The average Bonchev–Trinajstić information content (AvgIpc) is 3.06. The molecular weight excluding hydrogens is 717 g/mol. The van der Waals surface area contributed by atoms with Crippen molar-refractivity contribution in [2.45, 2.75) is 70.8 Å². The van der Waals surface area contributed by atoms with Crippen LogP contribution in [0.15, 0.2) is 54.7 Å². The molecule has 1 aliphatic heterocycles. The lowest BCUT2D eigenvalue weighted by molar-refractivity contribution is -0.149. The quantitative estimate of drug-likeness (QED) is 0.188. The van der Waals surface area contributed by atoms with Gasteiger partial charge < -0.3 is 24.6 Å². The van der Waals surface area contributed by atoms with Crippen LogP contribution in [0.4, 0.5) is 55.8 Å². The van der Waals surface area contributed by atoms with Gasteiger partial charge in [0.05, 0.1) is 46.6 Å². The minimum absolute atomic E-state index is 0.0485. The van der Waals surface area contributed by atoms with Crippen LogP contribution in [0, 0.1) is 5.41 Å². The number of nitrogens with zero attached hydrogens (tertiary/aromatic N) is 3. The van der Waals surface area contributed by atoms with Crippen molar-refractivity contribution in [3.05, 3.63) is 82.5 Å². The van der Waals surface area contributed by atoms with E-state index in [0.717, 1.165) is 23.2 Å². The summed E-state index contributed by atoms with van der Waals surface area (Å²) in [6.45, 7) is 2.39. The smallest absolute Gasteiger partial charge is 0.416 e. The number of carbonyl (C=O) groups is 2. The van der Waals surface area contributed by atoms with Crippen molar-refractivity contribution in [1.29, 1.82) is 0 Å². The van der Waals surface area contributed by atoms with Crippen LogP contribution in [0.1, 0.15) is 67.5 Å². The number of benzene rings is 2. The Morgan fingerprint density at radius 3 is 2.02 bits per heavy atom. The maximum absolute atomic E-state index is 14.1. The molecule has 1 amide bonds. The van der Waals surface area contributed by atoms with E-state index < -0.39 is 83.5 Å². The Morgan fingerprint density at radius 2 is 1.52 bits per heavy atom. The van der Waals surface area contributed by atoms with Crippen molar-refractivity contribution < 1.29 is 68.8 Å². The summed E-state index contributed by atoms with van der Waals surface area (Å²) in [5.74, 6) is -1.24. The number of hydrogen-bond acceptors (Lipinski definition) is 7. The van der Waals surface area contributed by atoms with E-state index in [0.29, 0.717) is 18.2 Å². The van der Waals surface area contributed by atoms with Crippen LogP contribution in [0.3, 0.4) is 0 Å². The van der Waals surface area contributed by atoms with Crippen LogP contribution in [0.25, 0.3) is 0 Å². The topological polar surface area (TPSA) is 112 Å². The van der Waals surface area contributed by atoms with E-state index in [2.05, 4.69) is 4.98 Å². The molecule has 2 atom stereocenters. The fourth-order valence-electron chi connectivity index (χ4n) is 5.62. The van der Waals surface area contributed by atoms with Crippen LogP contribution in [-0.2, 0) is 34.6 Å². The van der Waals surface area contributed by atoms with E-state index >= 15 is 0 Å². The second kappa shape index (κ2) is 15.1. The number of alkyl halides is 9. The first-order valence-corrected chi connectivity index (χ1v) is 15.7. The Bertz CT molecular complexity index is 1710. The van der Waals surface area contributed by atoms with Gasteiger partial charge in [-0.2, -0.15) is 39.5 Å². The summed E-state index contributed by atoms with van der Waals surface area (Å²) < 4.78 is 136. The zero-order valence-electron chi connectivity index (χ0n) is 27.9. The molecule has 2 heterocycles. The van der Waals surface area contributed by atoms with Crippen LogP contribution in [0.5, 0.6) is 5.75 Å². The first-order valence-electron chi connectivity index (χ1n) is 15.7. The normalized spacial score (nSPS) is 16.7. The summed E-state index contributed by atoms with van der Waals surface area (Å²) in [5, 5.41) is 18.6. The fraction of sp³-hybridized carbons (Fsp3) is 0.441. The first kappa shape index (κ1) is 40.0. The Balaban J connectivity index is 1.92. The van der Waals surface area contributed by atoms with Crippen molar-refractivity contribution in [3.8, 4) is 5.75 Å². The first-order chi connectivity index (χ1) is 24.1. The minimum atomic E-state index is -5.19. The molecule has 0 unspecified atom stereocenters. The number of aliphatic hydroxyl groups excluding tert-OH is 1. The van der Waals surface area contributed by atoms with Gasteiger partial charge in [0.1, 0.15) is 24.8 Å². The largest absolute Gasteiger partial charge is 0.490 e. The number of anilines is 2. The van der Waals surface area contributed by atoms with Gasteiger partial charge in [0.2, 0.25) is 0 Å². The number of carboxylic acid groups (broad SMARTS) is 1. The van der Waals surface area contributed by atoms with Crippen LogP contribution in [-0.4, -0.2) is 53.1 Å². The molecular formula is C34H34F9N3O6. The molecule has 3 aromatic rings. The predicted molar refractivity (Wildman–Crippen MR) is 168 cm³/mol. The Morgan fingerprint density at radius 1 is 0.904 bits per heavy atom. The Hall–Kier alpha value is -4.74. The third-order valence-corrected chi connectivity index (χ3v) is 8.39. The van der Waals surface area contributed by atoms with Crippen LogP contribution < -0.4 is 14.5 Å². The highest BCUT2D eigenvalue weighted by Crippen LogP contribution is 2.46. The SMILES string of the molecule is CC[C@@H]1C[C@H](N(Cc2cc(C(F)(F)F)cc(C(F)(F)F)c2)c2ccc(OCCO)cn2)c2cc(C(F)(F)F)ccc2N1C(=O)OCC(C)(C)C(=O)O. The van der Waals surface area contributed by atoms with Gasteiger partial charge in [0, 0.05) is 12.6 Å². The molecule has 284 valence electrons. The molecule has 0 saturated heterocycles. The van der Waals surface area contributed by atoms with Gasteiger partial charge in [-0.05, 0) is 86.3 Å². The van der Waals surface area contributed by atoms with Gasteiger partial charge in [-0.3, -0.25) is 9.69 Å². The summed E-state index contributed by atoms with van der Waals surface area (Å²) in [5.41, 5.74) is -6.69. The van der Waals surface area contributed by atoms with Crippen molar-refractivity contribution in [1.82, 2.24) is 4.98 Å². The molecule has 0 saturated carbocycles. The number of hydrogen-bond donors (Lipinski definition) is 2. The summed E-state index contributed by atoms with van der Waals surface area (Å²) in [7, 11) is 0. The molecule has 0 fully saturated rings. The third-order valence-electron chi connectivity index (χ3n) is 8.39. The maximum atomic E-state index is 14.1. The van der Waals surface area contributed by atoms with Crippen molar-refractivity contribution >= 4 is 23.6 Å². The number of amides is 1. The molecule has 18 heteroatoms. The molecule has 0 spiro atoms. The third kappa shape index (κ3) is 9.18.